The van der Waals surface area contributed by atoms with Gasteiger partial charge in [0.25, 0.3) is 5.91 Å². The molecule has 0 aliphatic rings. The molecule has 0 unspecified atom stereocenters. The van der Waals surface area contributed by atoms with Crippen molar-refractivity contribution in [1.82, 2.24) is 0 Å². The van der Waals surface area contributed by atoms with Gasteiger partial charge in [0.15, 0.2) is 0 Å². The number of carbonyl (C=O) groups excluding carboxylic acids is 1. The minimum atomic E-state index is -0.180. The monoisotopic (exact) mass is 457 g/mol. The van der Waals surface area contributed by atoms with E-state index in [0.29, 0.717) is 16.9 Å². The topological polar surface area (TPSA) is 76.4 Å². The van der Waals surface area contributed by atoms with Crippen molar-refractivity contribution in [2.45, 2.75) is 20.4 Å². The summed E-state index contributed by atoms with van der Waals surface area (Å²) in [4.78, 5) is 14.9. The Bertz CT molecular complexity index is 1260. The number of thiophene rings is 1. The van der Waals surface area contributed by atoms with Crippen molar-refractivity contribution < 1.29 is 9.53 Å². The van der Waals surface area contributed by atoms with E-state index < -0.39 is 0 Å². The van der Waals surface area contributed by atoms with Crippen molar-refractivity contribution >= 4 is 34.3 Å². The molecule has 0 bridgehead atoms. The van der Waals surface area contributed by atoms with Crippen LogP contribution in [-0.4, -0.2) is 13.0 Å². The second kappa shape index (κ2) is 9.79. The number of hydrogen-bond donors (Lipinski definition) is 3. The summed E-state index contributed by atoms with van der Waals surface area (Å²) in [5.41, 5.74) is 12.1. The first-order chi connectivity index (χ1) is 15.9. The molecule has 0 saturated heterocycles. The van der Waals surface area contributed by atoms with Gasteiger partial charge >= 0.3 is 0 Å². The summed E-state index contributed by atoms with van der Waals surface area (Å²) in [6.07, 6.45) is 0. The zero-order chi connectivity index (χ0) is 23.4. The maximum Gasteiger partial charge on any atom is 0.255 e. The van der Waals surface area contributed by atoms with Crippen LogP contribution >= 0.6 is 11.3 Å². The normalized spacial score (nSPS) is 10.6. The summed E-state index contributed by atoms with van der Waals surface area (Å²) < 4.78 is 5.45. The van der Waals surface area contributed by atoms with E-state index in [2.05, 4.69) is 48.7 Å². The molecule has 0 aliphatic carbocycles. The highest BCUT2D eigenvalue weighted by atomic mass is 32.1. The van der Waals surface area contributed by atoms with Crippen LogP contribution in [0.25, 0.3) is 10.4 Å². The van der Waals surface area contributed by atoms with Crippen LogP contribution < -0.4 is 21.1 Å². The molecule has 0 fully saturated rings. The molecule has 0 atom stereocenters. The predicted molar refractivity (Wildman–Crippen MR) is 138 cm³/mol. The van der Waals surface area contributed by atoms with Crippen LogP contribution in [0.4, 0.5) is 17.1 Å². The Labute approximate surface area is 198 Å². The molecule has 0 aliphatic heterocycles. The van der Waals surface area contributed by atoms with Gasteiger partial charge in [-0.05, 0) is 79.1 Å². The van der Waals surface area contributed by atoms with Crippen molar-refractivity contribution in [3.63, 3.8) is 0 Å². The second-order valence-corrected chi connectivity index (χ2v) is 9.05. The number of aryl methyl sites for hydroxylation is 2. The molecule has 0 radical (unpaired) electrons. The first-order valence-electron chi connectivity index (χ1n) is 10.7. The van der Waals surface area contributed by atoms with Crippen molar-refractivity contribution in [1.29, 1.82) is 0 Å². The average molecular weight is 458 g/mol. The van der Waals surface area contributed by atoms with Crippen LogP contribution in [0.3, 0.4) is 0 Å². The number of rotatable bonds is 7. The first kappa shape index (κ1) is 22.4. The van der Waals surface area contributed by atoms with E-state index in [1.165, 1.54) is 4.88 Å². The molecular formula is C27H27N3O2S. The minimum Gasteiger partial charge on any atom is -0.496 e. The number of hydrogen-bond acceptors (Lipinski definition) is 5. The molecule has 3 aromatic carbocycles. The summed E-state index contributed by atoms with van der Waals surface area (Å²) in [5.74, 6) is 0.754. The maximum absolute atomic E-state index is 12.5. The summed E-state index contributed by atoms with van der Waals surface area (Å²) in [7, 11) is 1.70. The fourth-order valence-corrected chi connectivity index (χ4v) is 4.74. The van der Waals surface area contributed by atoms with Crippen LogP contribution in [0.5, 0.6) is 5.75 Å². The molecule has 6 heteroatoms. The third-order valence-electron chi connectivity index (χ3n) is 5.43. The van der Waals surface area contributed by atoms with E-state index in [9.17, 15) is 4.79 Å². The van der Waals surface area contributed by atoms with E-state index in [1.807, 2.05) is 36.4 Å². The molecule has 0 saturated carbocycles. The van der Waals surface area contributed by atoms with Gasteiger partial charge in [-0.15, -0.1) is 11.3 Å². The Balaban J connectivity index is 1.40. The smallest absolute Gasteiger partial charge is 0.255 e. The highest BCUT2D eigenvalue weighted by molar-refractivity contribution is 7.15. The fourth-order valence-electron chi connectivity index (χ4n) is 3.78. The number of ether oxygens (including phenoxy) is 1. The number of benzene rings is 3. The minimum absolute atomic E-state index is 0.180. The first-order valence-corrected chi connectivity index (χ1v) is 11.5. The van der Waals surface area contributed by atoms with Crippen LogP contribution in [0.2, 0.25) is 0 Å². The summed E-state index contributed by atoms with van der Waals surface area (Å²) in [5, 5.41) is 6.36. The van der Waals surface area contributed by atoms with Crippen LogP contribution in [-0.2, 0) is 6.54 Å². The number of nitrogens with one attached hydrogen (secondary N) is 2. The van der Waals surface area contributed by atoms with E-state index in [-0.39, 0.29) is 5.91 Å². The second-order valence-electron chi connectivity index (χ2n) is 7.88. The number of amides is 1. The lowest BCUT2D eigenvalue weighted by molar-refractivity contribution is 0.102. The number of nitrogen functional groups attached to an aromatic ring is 1. The van der Waals surface area contributed by atoms with Crippen molar-refractivity contribution in [2.75, 3.05) is 23.5 Å². The van der Waals surface area contributed by atoms with E-state index in [0.717, 1.165) is 39.5 Å². The molecule has 4 N–H and O–H groups in total. The molecule has 1 amide bonds. The number of para-hydroxylation sites is 2. The zero-order valence-corrected chi connectivity index (χ0v) is 19.8. The van der Waals surface area contributed by atoms with Crippen molar-refractivity contribution in [2.24, 2.45) is 0 Å². The highest BCUT2D eigenvalue weighted by Crippen LogP contribution is 2.30. The van der Waals surface area contributed by atoms with Gasteiger partial charge in [-0.2, -0.15) is 0 Å². The standard InChI is InChI=1S/C27H27N3O2S/c1-17-14-21(15-18(2)26(17)32-3)29-16-22-12-13-25(33-22)19-8-10-20(11-9-19)27(31)30-24-7-5-4-6-23(24)28/h4-15,29H,16,28H2,1-3H3,(H,30,31). The Morgan fingerprint density at radius 2 is 1.67 bits per heavy atom. The third kappa shape index (κ3) is 5.18. The summed E-state index contributed by atoms with van der Waals surface area (Å²) in [6, 6.07) is 23.3. The van der Waals surface area contributed by atoms with E-state index in [1.54, 1.807) is 30.6 Å². The van der Waals surface area contributed by atoms with Gasteiger partial charge in [-0.25, -0.2) is 0 Å². The maximum atomic E-state index is 12.5. The predicted octanol–water partition coefficient (Wildman–Crippen LogP) is 6.49. The van der Waals surface area contributed by atoms with Crippen molar-refractivity contribution in [3.05, 3.63) is 94.4 Å². The lowest BCUT2D eigenvalue weighted by atomic mass is 10.1. The number of methoxy groups -OCH3 is 1. The third-order valence-corrected chi connectivity index (χ3v) is 6.57. The molecule has 5 nitrogen and oxygen atoms in total. The van der Waals surface area contributed by atoms with Gasteiger partial charge in [0.05, 0.1) is 18.5 Å². The lowest BCUT2D eigenvalue weighted by Gasteiger charge is -2.12. The fraction of sp³-hybridized carbons (Fsp3) is 0.148. The Hall–Kier alpha value is -3.77. The SMILES string of the molecule is COc1c(C)cc(NCc2ccc(-c3ccc(C(=O)Nc4ccccc4N)cc3)s2)cc1C. The molecule has 33 heavy (non-hydrogen) atoms. The molecule has 4 aromatic rings. The quantitative estimate of drug-likeness (QED) is 0.277. The summed E-state index contributed by atoms with van der Waals surface area (Å²) in [6.45, 7) is 4.85. The summed E-state index contributed by atoms with van der Waals surface area (Å²) >= 11 is 1.74. The molecule has 0 spiro atoms. The van der Waals surface area contributed by atoms with E-state index in [4.69, 9.17) is 10.5 Å². The Morgan fingerprint density at radius 1 is 0.970 bits per heavy atom. The molecule has 1 aromatic heterocycles. The molecule has 168 valence electrons. The molecular weight excluding hydrogens is 430 g/mol. The van der Waals surface area contributed by atoms with Gasteiger partial charge in [-0.3, -0.25) is 4.79 Å². The van der Waals surface area contributed by atoms with Crippen LogP contribution in [0.1, 0.15) is 26.4 Å². The molecule has 1 heterocycles. The number of nitrogens with two attached hydrogens (primary N) is 1. The van der Waals surface area contributed by atoms with Gasteiger partial charge in [0.2, 0.25) is 0 Å². The van der Waals surface area contributed by atoms with Gasteiger partial charge in [0, 0.05) is 27.5 Å². The van der Waals surface area contributed by atoms with Gasteiger partial charge < -0.3 is 21.1 Å². The number of anilines is 3. The Kier molecular flexibility index (Phi) is 6.66. The lowest BCUT2D eigenvalue weighted by Crippen LogP contribution is -2.12. The highest BCUT2D eigenvalue weighted by Gasteiger charge is 2.10. The van der Waals surface area contributed by atoms with Gasteiger partial charge in [0.1, 0.15) is 5.75 Å². The van der Waals surface area contributed by atoms with Gasteiger partial charge in [-0.1, -0.05) is 24.3 Å². The van der Waals surface area contributed by atoms with Crippen LogP contribution in [0, 0.1) is 13.8 Å². The molecule has 4 rings (SSSR count). The largest absolute Gasteiger partial charge is 0.496 e. The van der Waals surface area contributed by atoms with Crippen molar-refractivity contribution in [3.8, 4) is 16.2 Å². The average Bonchev–Trinajstić information content (AvgIpc) is 3.28. The van der Waals surface area contributed by atoms with E-state index >= 15 is 0 Å². The Morgan fingerprint density at radius 3 is 2.33 bits per heavy atom. The van der Waals surface area contributed by atoms with Crippen LogP contribution in [0.15, 0.2) is 72.8 Å². The number of carbonyl (C=O) groups is 1. The zero-order valence-electron chi connectivity index (χ0n) is 18.9.